The van der Waals surface area contributed by atoms with Crippen molar-refractivity contribution in [1.29, 1.82) is 0 Å². The molecule has 0 fully saturated rings. The number of carboxylic acids is 1. The van der Waals surface area contributed by atoms with Crippen LogP contribution < -0.4 is 0 Å². The summed E-state index contributed by atoms with van der Waals surface area (Å²) in [5, 5.41) is 8.48. The highest BCUT2D eigenvalue weighted by atomic mass is 16.5. The molecule has 0 unspecified atom stereocenters. The van der Waals surface area contributed by atoms with Gasteiger partial charge in [-0.3, -0.25) is 4.79 Å². The predicted octanol–water partition coefficient (Wildman–Crippen LogP) is 3.25. The zero-order valence-corrected chi connectivity index (χ0v) is 11.9. The van der Waals surface area contributed by atoms with Gasteiger partial charge in [0.2, 0.25) is 0 Å². The van der Waals surface area contributed by atoms with Gasteiger partial charge in [0, 0.05) is 13.0 Å². The molecule has 1 aromatic carbocycles. The first-order valence-electron chi connectivity index (χ1n) is 7.20. The van der Waals surface area contributed by atoms with Crippen molar-refractivity contribution < 1.29 is 19.4 Å². The van der Waals surface area contributed by atoms with Gasteiger partial charge in [0.1, 0.15) is 0 Å². The predicted molar refractivity (Wildman–Crippen MR) is 77.6 cm³/mol. The van der Waals surface area contributed by atoms with E-state index < -0.39 is 5.97 Å². The second-order valence-electron chi connectivity index (χ2n) is 4.71. The van der Waals surface area contributed by atoms with Crippen LogP contribution in [0.2, 0.25) is 0 Å². The highest BCUT2D eigenvalue weighted by molar-refractivity contribution is 5.66. The number of benzene rings is 1. The smallest absolute Gasteiger partial charge is 0.303 e. The van der Waals surface area contributed by atoms with E-state index in [-0.39, 0.29) is 6.42 Å². The number of unbranched alkanes of at least 4 members (excludes halogenated alkanes) is 3. The van der Waals surface area contributed by atoms with E-state index in [9.17, 15) is 4.79 Å². The molecule has 4 heteroatoms. The van der Waals surface area contributed by atoms with Gasteiger partial charge < -0.3 is 14.6 Å². The molecule has 0 aliphatic rings. The average Bonchev–Trinajstić information content (AvgIpc) is 2.45. The highest BCUT2D eigenvalue weighted by Crippen LogP contribution is 2.03. The Balaban J connectivity index is 1.80. The molecular weight excluding hydrogens is 256 g/mol. The molecule has 1 aromatic rings. The Labute approximate surface area is 120 Å². The number of carbonyl (C=O) groups is 1. The van der Waals surface area contributed by atoms with Crippen LogP contribution in [0.1, 0.15) is 37.7 Å². The van der Waals surface area contributed by atoms with Gasteiger partial charge in [-0.05, 0) is 18.4 Å². The maximum absolute atomic E-state index is 10.3. The number of hydrogen-bond acceptors (Lipinski definition) is 3. The lowest BCUT2D eigenvalue weighted by molar-refractivity contribution is -0.137. The standard InChI is InChI=1S/C16H24O4/c17-16(18)10-6-1-2-7-11-19-12-13-20-14-15-8-4-3-5-9-15/h3-5,8-9H,1-2,6-7,10-14H2,(H,17,18). The molecule has 0 aliphatic carbocycles. The first-order chi connectivity index (χ1) is 9.79. The number of hydrogen-bond donors (Lipinski definition) is 1. The van der Waals surface area contributed by atoms with Gasteiger partial charge >= 0.3 is 5.97 Å². The zero-order valence-electron chi connectivity index (χ0n) is 11.9. The van der Waals surface area contributed by atoms with E-state index in [0.717, 1.165) is 32.3 Å². The maximum Gasteiger partial charge on any atom is 0.303 e. The summed E-state index contributed by atoms with van der Waals surface area (Å²) in [5.41, 5.74) is 1.17. The monoisotopic (exact) mass is 280 g/mol. The van der Waals surface area contributed by atoms with E-state index in [1.165, 1.54) is 5.56 Å². The molecule has 1 N–H and O–H groups in total. The lowest BCUT2D eigenvalue weighted by atomic mass is 10.1. The molecule has 112 valence electrons. The third-order valence-electron chi connectivity index (χ3n) is 2.91. The zero-order chi connectivity index (χ0) is 14.5. The summed E-state index contributed by atoms with van der Waals surface area (Å²) in [6, 6.07) is 10.1. The van der Waals surface area contributed by atoms with Crippen molar-refractivity contribution in [1.82, 2.24) is 0 Å². The largest absolute Gasteiger partial charge is 0.481 e. The SMILES string of the molecule is O=C(O)CCCCCCOCCOCc1ccccc1. The molecular formula is C16H24O4. The topological polar surface area (TPSA) is 55.8 Å². The van der Waals surface area contributed by atoms with Gasteiger partial charge in [-0.2, -0.15) is 0 Å². The Kier molecular flexibility index (Phi) is 9.53. The van der Waals surface area contributed by atoms with Crippen molar-refractivity contribution in [2.45, 2.75) is 38.7 Å². The lowest BCUT2D eigenvalue weighted by Crippen LogP contribution is -2.05. The van der Waals surface area contributed by atoms with E-state index in [0.29, 0.717) is 19.8 Å². The van der Waals surface area contributed by atoms with E-state index in [1.54, 1.807) is 0 Å². The average molecular weight is 280 g/mol. The van der Waals surface area contributed by atoms with Crippen molar-refractivity contribution in [3.63, 3.8) is 0 Å². The molecule has 1 rings (SSSR count). The van der Waals surface area contributed by atoms with Crippen molar-refractivity contribution in [3.8, 4) is 0 Å². The summed E-state index contributed by atoms with van der Waals surface area (Å²) >= 11 is 0. The van der Waals surface area contributed by atoms with Crippen molar-refractivity contribution >= 4 is 5.97 Å². The summed E-state index contributed by atoms with van der Waals surface area (Å²) in [5.74, 6) is -0.711. The van der Waals surface area contributed by atoms with E-state index in [4.69, 9.17) is 14.6 Å². The molecule has 0 saturated carbocycles. The normalized spacial score (nSPS) is 10.6. The molecule has 20 heavy (non-hydrogen) atoms. The first kappa shape index (κ1) is 16.7. The minimum Gasteiger partial charge on any atom is -0.481 e. The lowest BCUT2D eigenvalue weighted by Gasteiger charge is -2.06. The minimum absolute atomic E-state index is 0.272. The van der Waals surface area contributed by atoms with E-state index in [2.05, 4.69) is 0 Å². The van der Waals surface area contributed by atoms with Gasteiger partial charge in [-0.25, -0.2) is 0 Å². The Bertz CT molecular complexity index is 351. The summed E-state index contributed by atoms with van der Waals surface area (Å²) < 4.78 is 11.0. The highest BCUT2D eigenvalue weighted by Gasteiger charge is 1.97. The minimum atomic E-state index is -0.711. The number of carboxylic acid groups (broad SMARTS) is 1. The van der Waals surface area contributed by atoms with Crippen molar-refractivity contribution in [2.75, 3.05) is 19.8 Å². The molecule has 0 bridgehead atoms. The molecule has 0 heterocycles. The van der Waals surface area contributed by atoms with Gasteiger partial charge in [0.25, 0.3) is 0 Å². The van der Waals surface area contributed by atoms with Crippen LogP contribution in [-0.4, -0.2) is 30.9 Å². The summed E-state index contributed by atoms with van der Waals surface area (Å²) in [6.45, 7) is 2.57. The fourth-order valence-electron chi connectivity index (χ4n) is 1.82. The molecule has 0 radical (unpaired) electrons. The van der Waals surface area contributed by atoms with Crippen LogP contribution in [0.25, 0.3) is 0 Å². The van der Waals surface area contributed by atoms with Gasteiger partial charge in [0.05, 0.1) is 19.8 Å². The number of rotatable bonds is 12. The second kappa shape index (κ2) is 11.4. The first-order valence-corrected chi connectivity index (χ1v) is 7.20. The molecule has 0 spiro atoms. The van der Waals surface area contributed by atoms with Crippen molar-refractivity contribution in [2.24, 2.45) is 0 Å². The fourth-order valence-corrected chi connectivity index (χ4v) is 1.82. The van der Waals surface area contributed by atoms with Gasteiger partial charge in [0.15, 0.2) is 0 Å². The number of aliphatic carboxylic acids is 1. The Morgan fingerprint density at radius 1 is 0.900 bits per heavy atom. The van der Waals surface area contributed by atoms with E-state index in [1.807, 2.05) is 30.3 Å². The number of ether oxygens (including phenoxy) is 2. The van der Waals surface area contributed by atoms with Gasteiger partial charge in [-0.1, -0.05) is 43.2 Å². The third kappa shape index (κ3) is 9.53. The van der Waals surface area contributed by atoms with Crippen LogP contribution in [-0.2, 0) is 20.9 Å². The molecule has 0 atom stereocenters. The van der Waals surface area contributed by atoms with Crippen LogP contribution in [0.5, 0.6) is 0 Å². The molecule has 0 saturated heterocycles. The quantitative estimate of drug-likeness (QED) is 0.597. The van der Waals surface area contributed by atoms with Gasteiger partial charge in [-0.15, -0.1) is 0 Å². The molecule has 0 amide bonds. The summed E-state index contributed by atoms with van der Waals surface area (Å²) in [4.78, 5) is 10.3. The van der Waals surface area contributed by atoms with Crippen LogP contribution in [0, 0.1) is 0 Å². The Hall–Kier alpha value is -1.39. The third-order valence-corrected chi connectivity index (χ3v) is 2.91. The molecule has 4 nitrogen and oxygen atoms in total. The Morgan fingerprint density at radius 2 is 1.60 bits per heavy atom. The summed E-state index contributed by atoms with van der Waals surface area (Å²) in [6.07, 6.45) is 4.00. The second-order valence-corrected chi connectivity index (χ2v) is 4.71. The Morgan fingerprint density at radius 3 is 2.35 bits per heavy atom. The van der Waals surface area contributed by atoms with Crippen molar-refractivity contribution in [3.05, 3.63) is 35.9 Å². The summed E-state index contributed by atoms with van der Waals surface area (Å²) in [7, 11) is 0. The van der Waals surface area contributed by atoms with Crippen LogP contribution >= 0.6 is 0 Å². The van der Waals surface area contributed by atoms with Crippen LogP contribution in [0.15, 0.2) is 30.3 Å². The fraction of sp³-hybridized carbons (Fsp3) is 0.562. The van der Waals surface area contributed by atoms with Crippen LogP contribution in [0.3, 0.4) is 0 Å². The maximum atomic E-state index is 10.3. The molecule has 0 aromatic heterocycles. The molecule has 0 aliphatic heterocycles. The van der Waals surface area contributed by atoms with E-state index >= 15 is 0 Å². The van der Waals surface area contributed by atoms with Crippen LogP contribution in [0.4, 0.5) is 0 Å².